The van der Waals surface area contributed by atoms with E-state index in [2.05, 4.69) is 9.71 Å². The minimum Gasteiger partial charge on any atom is -0.856 e. The van der Waals surface area contributed by atoms with Crippen LogP contribution in [0.15, 0.2) is 81.2 Å². The summed E-state index contributed by atoms with van der Waals surface area (Å²) in [5, 5.41) is 22.6. The molecular weight excluding hydrogens is 374 g/mol. The topological polar surface area (TPSA) is 138 Å². The fourth-order valence-corrected chi connectivity index (χ4v) is 3.22. The van der Waals surface area contributed by atoms with E-state index in [4.69, 9.17) is 4.42 Å². The number of hydrogen-bond acceptors (Lipinski definition) is 7. The molecule has 3 rings (SSSR count). The van der Waals surface area contributed by atoms with Gasteiger partial charge >= 0.3 is 0 Å². The van der Waals surface area contributed by atoms with Gasteiger partial charge in [-0.3, -0.25) is 19.8 Å². The Morgan fingerprint density at radius 3 is 2.44 bits per heavy atom. The van der Waals surface area contributed by atoms with Crippen LogP contribution < -0.4 is 9.83 Å². The quantitative estimate of drug-likeness (QED) is 0.299. The summed E-state index contributed by atoms with van der Waals surface area (Å²) in [4.78, 5) is 13.8. The summed E-state index contributed by atoms with van der Waals surface area (Å²) in [6.07, 6.45) is 1.34. The summed E-state index contributed by atoms with van der Waals surface area (Å²) in [6, 6.07) is 13.4. The second kappa shape index (κ2) is 7.30. The number of sulfonamides is 1. The van der Waals surface area contributed by atoms with Gasteiger partial charge in [0, 0.05) is 18.0 Å². The van der Waals surface area contributed by atoms with E-state index in [1.165, 1.54) is 36.6 Å². The lowest BCUT2D eigenvalue weighted by Gasteiger charge is -2.10. The maximum Gasteiger partial charge on any atom is 0.269 e. The number of anilines is 1. The van der Waals surface area contributed by atoms with Gasteiger partial charge in [0.2, 0.25) is 0 Å². The molecule has 0 aliphatic rings. The monoisotopic (exact) mass is 386 g/mol. The normalized spacial score (nSPS) is 11.9. The molecule has 1 heterocycles. The van der Waals surface area contributed by atoms with Crippen LogP contribution in [0.2, 0.25) is 0 Å². The molecule has 0 aliphatic heterocycles. The van der Waals surface area contributed by atoms with Gasteiger partial charge in [0.25, 0.3) is 15.7 Å². The van der Waals surface area contributed by atoms with Gasteiger partial charge in [-0.1, -0.05) is 6.07 Å². The largest absolute Gasteiger partial charge is 0.856 e. The Morgan fingerprint density at radius 2 is 1.81 bits per heavy atom. The molecule has 0 amide bonds. The first-order chi connectivity index (χ1) is 12.8. The molecule has 0 radical (unpaired) electrons. The number of nitrogens with one attached hydrogen (secondary N) is 1. The molecule has 1 N–H and O–H groups in total. The van der Waals surface area contributed by atoms with Crippen molar-refractivity contribution in [2.75, 3.05) is 4.72 Å². The Morgan fingerprint density at radius 1 is 1.07 bits per heavy atom. The molecule has 0 fully saturated rings. The second-order valence-electron chi connectivity index (χ2n) is 5.30. The summed E-state index contributed by atoms with van der Waals surface area (Å²) in [6.45, 7) is 0. The standard InChI is InChI=1S/C17H13N3O6S/c21-17(16-5-2-10-26-16)18-12-3-1-4-13(11-12)19-27(24,25)15-8-6-14(7-9-15)20(22)23/h1-11,19H,(H,18,21)/p-1. The summed E-state index contributed by atoms with van der Waals surface area (Å²) < 4.78 is 32.1. The van der Waals surface area contributed by atoms with Gasteiger partial charge in [0.15, 0.2) is 0 Å². The summed E-state index contributed by atoms with van der Waals surface area (Å²) in [5.41, 5.74) is 0.202. The van der Waals surface area contributed by atoms with E-state index in [0.29, 0.717) is 0 Å². The first-order valence-corrected chi connectivity index (χ1v) is 9.00. The summed E-state index contributed by atoms with van der Waals surface area (Å²) in [7, 11) is -3.96. The molecule has 0 saturated heterocycles. The molecular formula is C17H12N3O6S-. The van der Waals surface area contributed by atoms with Crippen molar-refractivity contribution in [1.82, 2.24) is 0 Å². The number of rotatable bonds is 6. The zero-order valence-corrected chi connectivity index (χ0v) is 14.4. The molecule has 0 aliphatic carbocycles. The van der Waals surface area contributed by atoms with Gasteiger partial charge in [0.1, 0.15) is 5.76 Å². The number of furan rings is 1. The van der Waals surface area contributed by atoms with Crippen LogP contribution in [-0.4, -0.2) is 19.2 Å². The predicted molar refractivity (Wildman–Crippen MR) is 95.3 cm³/mol. The molecule has 0 bridgehead atoms. The number of nitro groups is 1. The first-order valence-electron chi connectivity index (χ1n) is 7.52. The van der Waals surface area contributed by atoms with Crippen LogP contribution >= 0.6 is 0 Å². The minimum absolute atomic E-state index is 0.0619. The fourth-order valence-electron chi connectivity index (χ4n) is 2.17. The highest BCUT2D eigenvalue weighted by Crippen LogP contribution is 2.23. The Bertz CT molecular complexity index is 1090. The number of hydrogen-bond donors (Lipinski definition) is 1. The molecule has 138 valence electrons. The van der Waals surface area contributed by atoms with E-state index in [1.807, 2.05) is 0 Å². The van der Waals surface area contributed by atoms with Crippen LogP contribution in [-0.2, 0) is 10.0 Å². The molecule has 3 aromatic rings. The van der Waals surface area contributed by atoms with Crippen molar-refractivity contribution < 1.29 is 22.9 Å². The number of nitrogens with zero attached hydrogens (tertiary/aromatic N) is 2. The number of benzene rings is 2. The molecule has 0 spiro atoms. The minimum atomic E-state index is -3.96. The number of aliphatic imine (C=N–C) groups is 1. The molecule has 10 heteroatoms. The Labute approximate surface area is 153 Å². The highest BCUT2D eigenvalue weighted by atomic mass is 32.2. The molecule has 9 nitrogen and oxygen atoms in total. The van der Waals surface area contributed by atoms with Gasteiger partial charge in [-0.25, -0.2) is 8.42 Å². The second-order valence-corrected chi connectivity index (χ2v) is 6.98. The van der Waals surface area contributed by atoms with Crippen molar-refractivity contribution >= 4 is 33.0 Å². The Hall–Kier alpha value is -3.66. The average Bonchev–Trinajstić information content (AvgIpc) is 3.16. The highest BCUT2D eigenvalue weighted by molar-refractivity contribution is 7.92. The van der Waals surface area contributed by atoms with Gasteiger partial charge in [-0.15, -0.1) is 0 Å². The highest BCUT2D eigenvalue weighted by Gasteiger charge is 2.16. The van der Waals surface area contributed by atoms with E-state index in [1.54, 1.807) is 6.07 Å². The van der Waals surface area contributed by atoms with Gasteiger partial charge in [-0.05, 0) is 42.5 Å². The van der Waals surface area contributed by atoms with E-state index in [0.717, 1.165) is 24.3 Å². The van der Waals surface area contributed by atoms with Crippen molar-refractivity contribution in [2.45, 2.75) is 4.90 Å². The lowest BCUT2D eigenvalue weighted by atomic mass is 10.3. The first kappa shape index (κ1) is 18.1. The van der Waals surface area contributed by atoms with Crippen molar-refractivity contribution in [3.63, 3.8) is 0 Å². The zero-order valence-electron chi connectivity index (χ0n) is 13.6. The van der Waals surface area contributed by atoms with E-state index < -0.39 is 20.8 Å². The maximum absolute atomic E-state index is 12.4. The molecule has 0 saturated carbocycles. The van der Waals surface area contributed by atoms with Crippen LogP contribution in [0.1, 0.15) is 5.76 Å². The smallest absolute Gasteiger partial charge is 0.269 e. The van der Waals surface area contributed by atoms with Gasteiger partial charge in [-0.2, -0.15) is 0 Å². The van der Waals surface area contributed by atoms with Crippen LogP contribution in [0.25, 0.3) is 0 Å². The van der Waals surface area contributed by atoms with Crippen LogP contribution in [0.3, 0.4) is 0 Å². The third-order valence-electron chi connectivity index (χ3n) is 3.42. The predicted octanol–water partition coefficient (Wildman–Crippen LogP) is 2.43. The van der Waals surface area contributed by atoms with Gasteiger partial charge < -0.3 is 9.52 Å². The molecule has 2 aromatic carbocycles. The summed E-state index contributed by atoms with van der Waals surface area (Å²) in [5.74, 6) is -0.540. The fraction of sp³-hybridized carbons (Fsp3) is 0. The Kier molecular flexibility index (Phi) is 4.90. The number of nitro benzene ring substituents is 1. The zero-order chi connectivity index (χ0) is 19.4. The van der Waals surface area contributed by atoms with Crippen molar-refractivity contribution in [1.29, 1.82) is 0 Å². The molecule has 0 unspecified atom stereocenters. The van der Waals surface area contributed by atoms with Crippen LogP contribution in [0.4, 0.5) is 17.1 Å². The van der Waals surface area contributed by atoms with Crippen LogP contribution in [0.5, 0.6) is 0 Å². The maximum atomic E-state index is 12.4. The number of non-ortho nitro benzene ring substituents is 1. The third kappa shape index (κ3) is 4.30. The average molecular weight is 386 g/mol. The molecule has 27 heavy (non-hydrogen) atoms. The lowest BCUT2D eigenvalue weighted by molar-refractivity contribution is -0.384. The van der Waals surface area contributed by atoms with Crippen LogP contribution in [0, 0.1) is 10.1 Å². The van der Waals surface area contributed by atoms with Crippen molar-refractivity contribution in [3.05, 3.63) is 82.8 Å². The van der Waals surface area contributed by atoms with E-state index in [9.17, 15) is 23.6 Å². The SMILES string of the molecule is O=[N+]([O-])c1ccc(S(=O)(=O)Nc2cccc(N=C([O-])c3ccco3)c2)cc1. The van der Waals surface area contributed by atoms with E-state index >= 15 is 0 Å². The Balaban J connectivity index is 1.83. The summed E-state index contributed by atoms with van der Waals surface area (Å²) >= 11 is 0. The third-order valence-corrected chi connectivity index (χ3v) is 4.82. The lowest BCUT2D eigenvalue weighted by Crippen LogP contribution is -2.17. The van der Waals surface area contributed by atoms with Crippen molar-refractivity contribution in [2.24, 2.45) is 4.99 Å². The van der Waals surface area contributed by atoms with Crippen molar-refractivity contribution in [3.8, 4) is 0 Å². The molecule has 1 aromatic heterocycles. The van der Waals surface area contributed by atoms with Gasteiger partial charge in [0.05, 0.1) is 27.5 Å². The molecule has 0 atom stereocenters. The van der Waals surface area contributed by atoms with E-state index in [-0.39, 0.29) is 27.7 Å².